The molecular formula is C6H9N5. The van der Waals surface area contributed by atoms with Crippen LogP contribution in [0.1, 0.15) is 6.92 Å². The van der Waals surface area contributed by atoms with Crippen molar-refractivity contribution in [2.75, 3.05) is 17.6 Å². The van der Waals surface area contributed by atoms with Crippen LogP contribution in [0.2, 0.25) is 0 Å². The number of nitrogens with zero attached hydrogens (tertiary/aromatic N) is 2. The first-order valence-corrected chi connectivity index (χ1v) is 3.14. The highest BCUT2D eigenvalue weighted by Crippen LogP contribution is 1.96. The third kappa shape index (κ3) is 2.18. The van der Waals surface area contributed by atoms with Crippen LogP contribution >= 0.6 is 0 Å². The minimum Gasteiger partial charge on any atom is -0.368 e. The number of nitrogens with one attached hydrogen (secondary N) is 2. The van der Waals surface area contributed by atoms with E-state index in [0.29, 0.717) is 18.4 Å². The Labute approximate surface area is 64.4 Å². The lowest BCUT2D eigenvalue weighted by Gasteiger charge is -1.90. The minimum absolute atomic E-state index is 0.303. The van der Waals surface area contributed by atoms with Gasteiger partial charge in [0.1, 0.15) is 0 Å². The molecule has 58 valence electrons. The topological polar surface area (TPSA) is 79.6 Å². The molecule has 1 rings (SSSR count). The van der Waals surface area contributed by atoms with Crippen molar-refractivity contribution >= 4 is 11.9 Å². The van der Waals surface area contributed by atoms with Crippen LogP contribution in [0.5, 0.6) is 0 Å². The third-order valence-electron chi connectivity index (χ3n) is 1.01. The summed E-state index contributed by atoms with van der Waals surface area (Å²) in [5.74, 6) is 6.33. The Balaban J connectivity index is 2.43. The fourth-order valence-electron chi connectivity index (χ4n) is 0.565. The highest BCUT2D eigenvalue weighted by atomic mass is 15.3. The summed E-state index contributed by atoms with van der Waals surface area (Å²) in [6.45, 7) is 2.31. The van der Waals surface area contributed by atoms with Gasteiger partial charge in [0.2, 0.25) is 11.9 Å². The molecule has 4 N–H and O–H groups in total. The van der Waals surface area contributed by atoms with E-state index in [1.54, 1.807) is 6.92 Å². The summed E-state index contributed by atoms with van der Waals surface area (Å²) in [6, 6.07) is 0. The largest absolute Gasteiger partial charge is 0.368 e. The molecule has 0 aliphatic rings. The zero-order chi connectivity index (χ0) is 8.10. The van der Waals surface area contributed by atoms with Gasteiger partial charge in [0.25, 0.3) is 0 Å². The Bertz CT molecular complexity index is 279. The average Bonchev–Trinajstić information content (AvgIpc) is 2.37. The van der Waals surface area contributed by atoms with Crippen molar-refractivity contribution < 1.29 is 0 Å². The molecule has 0 atom stereocenters. The van der Waals surface area contributed by atoms with Gasteiger partial charge in [-0.3, -0.25) is 0 Å². The van der Waals surface area contributed by atoms with Gasteiger partial charge in [0, 0.05) is 0 Å². The SMILES string of the molecule is CC#CCNc1n[nH]c(N)n1. The van der Waals surface area contributed by atoms with Gasteiger partial charge in [-0.2, -0.15) is 4.98 Å². The number of aromatic amines is 1. The first kappa shape index (κ1) is 7.41. The number of H-pyrrole nitrogens is 1. The molecule has 1 aromatic heterocycles. The highest BCUT2D eigenvalue weighted by molar-refractivity contribution is 5.31. The maximum Gasteiger partial charge on any atom is 0.244 e. The monoisotopic (exact) mass is 151 g/mol. The summed E-state index contributed by atoms with van der Waals surface area (Å²) in [4.78, 5) is 3.81. The lowest BCUT2D eigenvalue weighted by Crippen LogP contribution is -2.00. The smallest absolute Gasteiger partial charge is 0.244 e. The lowest BCUT2D eigenvalue weighted by molar-refractivity contribution is 1.09. The molecule has 0 aliphatic heterocycles. The van der Waals surface area contributed by atoms with Gasteiger partial charge < -0.3 is 11.1 Å². The molecule has 1 heterocycles. The summed E-state index contributed by atoms with van der Waals surface area (Å²) < 4.78 is 0. The Hall–Kier alpha value is -1.70. The minimum atomic E-state index is 0.303. The molecule has 0 aromatic carbocycles. The molecule has 0 bridgehead atoms. The van der Waals surface area contributed by atoms with Crippen molar-refractivity contribution in [2.45, 2.75) is 6.92 Å². The summed E-state index contributed by atoms with van der Waals surface area (Å²) in [5.41, 5.74) is 5.28. The lowest BCUT2D eigenvalue weighted by atomic mass is 10.6. The van der Waals surface area contributed by atoms with E-state index in [9.17, 15) is 0 Å². The van der Waals surface area contributed by atoms with Crippen LogP contribution in [0.25, 0.3) is 0 Å². The molecule has 0 amide bonds. The van der Waals surface area contributed by atoms with E-state index < -0.39 is 0 Å². The average molecular weight is 151 g/mol. The Morgan fingerprint density at radius 1 is 1.73 bits per heavy atom. The number of hydrogen-bond acceptors (Lipinski definition) is 4. The predicted molar refractivity (Wildman–Crippen MR) is 42.7 cm³/mol. The van der Waals surface area contributed by atoms with Crippen LogP contribution < -0.4 is 11.1 Å². The molecule has 0 aliphatic carbocycles. The molecule has 1 aromatic rings. The van der Waals surface area contributed by atoms with E-state index in [0.717, 1.165) is 0 Å². The number of rotatable bonds is 2. The van der Waals surface area contributed by atoms with Crippen molar-refractivity contribution in [3.63, 3.8) is 0 Å². The van der Waals surface area contributed by atoms with Gasteiger partial charge in [-0.25, -0.2) is 5.10 Å². The molecule has 0 saturated carbocycles. The number of nitrogens with two attached hydrogens (primary N) is 1. The van der Waals surface area contributed by atoms with Crippen molar-refractivity contribution in [1.82, 2.24) is 15.2 Å². The van der Waals surface area contributed by atoms with Gasteiger partial charge in [0.15, 0.2) is 0 Å². The molecule has 5 heteroatoms. The van der Waals surface area contributed by atoms with Crippen molar-refractivity contribution in [1.29, 1.82) is 0 Å². The maximum atomic E-state index is 5.28. The second kappa shape index (κ2) is 3.46. The van der Waals surface area contributed by atoms with E-state index in [1.807, 2.05) is 0 Å². The number of hydrogen-bond donors (Lipinski definition) is 3. The molecule has 0 unspecified atom stereocenters. The number of nitrogen functional groups attached to an aromatic ring is 1. The third-order valence-corrected chi connectivity index (χ3v) is 1.01. The van der Waals surface area contributed by atoms with Crippen LogP contribution in [0.4, 0.5) is 11.9 Å². The first-order chi connectivity index (χ1) is 5.33. The highest BCUT2D eigenvalue weighted by Gasteiger charge is 1.94. The van der Waals surface area contributed by atoms with Crippen molar-refractivity contribution in [2.24, 2.45) is 0 Å². The second-order valence-electron chi connectivity index (χ2n) is 1.82. The standard InChI is InChI=1S/C6H9N5/c1-2-3-4-8-6-9-5(7)10-11-6/h4H2,1H3,(H4,7,8,9,10,11). The van der Waals surface area contributed by atoms with Crippen LogP contribution in [0.3, 0.4) is 0 Å². The van der Waals surface area contributed by atoms with Crippen LogP contribution in [-0.2, 0) is 0 Å². The normalized spacial score (nSPS) is 8.45. The zero-order valence-electron chi connectivity index (χ0n) is 6.18. The fraction of sp³-hybridized carbons (Fsp3) is 0.333. The molecular weight excluding hydrogens is 142 g/mol. The van der Waals surface area contributed by atoms with E-state index in [1.165, 1.54) is 0 Å². The Kier molecular flexibility index (Phi) is 2.33. The molecule has 0 fully saturated rings. The molecule has 0 radical (unpaired) electrons. The number of aromatic nitrogens is 3. The summed E-state index contributed by atoms with van der Waals surface area (Å²) in [6.07, 6.45) is 0. The van der Waals surface area contributed by atoms with E-state index in [4.69, 9.17) is 5.73 Å². The van der Waals surface area contributed by atoms with Gasteiger partial charge in [0.05, 0.1) is 6.54 Å². The van der Waals surface area contributed by atoms with Gasteiger partial charge in [-0.05, 0) is 6.92 Å². The second-order valence-corrected chi connectivity index (χ2v) is 1.82. The Morgan fingerprint density at radius 3 is 3.09 bits per heavy atom. The molecule has 11 heavy (non-hydrogen) atoms. The summed E-state index contributed by atoms with van der Waals surface area (Å²) >= 11 is 0. The van der Waals surface area contributed by atoms with Gasteiger partial charge >= 0.3 is 0 Å². The van der Waals surface area contributed by atoms with E-state index in [-0.39, 0.29) is 0 Å². The van der Waals surface area contributed by atoms with Crippen LogP contribution in [0, 0.1) is 11.8 Å². The summed E-state index contributed by atoms with van der Waals surface area (Å²) in [5, 5.41) is 9.11. The quantitative estimate of drug-likeness (QED) is 0.512. The summed E-state index contributed by atoms with van der Waals surface area (Å²) in [7, 11) is 0. The van der Waals surface area contributed by atoms with E-state index >= 15 is 0 Å². The van der Waals surface area contributed by atoms with Crippen LogP contribution in [0.15, 0.2) is 0 Å². The number of anilines is 2. The van der Waals surface area contributed by atoms with Crippen molar-refractivity contribution in [3.05, 3.63) is 0 Å². The molecule has 0 saturated heterocycles. The zero-order valence-corrected chi connectivity index (χ0v) is 6.18. The first-order valence-electron chi connectivity index (χ1n) is 3.14. The van der Waals surface area contributed by atoms with Gasteiger partial charge in [-0.1, -0.05) is 5.92 Å². The fourth-order valence-corrected chi connectivity index (χ4v) is 0.565. The molecule has 5 nitrogen and oxygen atoms in total. The van der Waals surface area contributed by atoms with Crippen molar-refractivity contribution in [3.8, 4) is 11.8 Å². The maximum absolute atomic E-state index is 5.28. The molecule has 0 spiro atoms. The predicted octanol–water partition coefficient (Wildman–Crippen LogP) is -0.178. The van der Waals surface area contributed by atoms with Gasteiger partial charge in [-0.15, -0.1) is 11.0 Å². The Morgan fingerprint density at radius 2 is 2.55 bits per heavy atom. The van der Waals surface area contributed by atoms with E-state index in [2.05, 4.69) is 32.3 Å². The van der Waals surface area contributed by atoms with Crippen LogP contribution in [-0.4, -0.2) is 21.7 Å².